The highest BCUT2D eigenvalue weighted by Gasteiger charge is 2.37. The second-order valence-electron chi connectivity index (χ2n) is 7.00. The van der Waals surface area contributed by atoms with Gasteiger partial charge in [0.15, 0.2) is 0 Å². The Kier molecular flexibility index (Phi) is 5.37. The van der Waals surface area contributed by atoms with E-state index in [0.29, 0.717) is 19.4 Å². The summed E-state index contributed by atoms with van der Waals surface area (Å²) in [4.78, 5) is 28.7. The molecule has 0 bridgehead atoms. The number of likely N-dealkylation sites (tertiary alicyclic amines) is 2. The molecule has 0 radical (unpaired) electrons. The van der Waals surface area contributed by atoms with E-state index in [2.05, 4.69) is 10.2 Å². The van der Waals surface area contributed by atoms with Crippen LogP contribution in [0.2, 0.25) is 0 Å². The van der Waals surface area contributed by atoms with Crippen molar-refractivity contribution in [2.24, 2.45) is 0 Å². The molecule has 3 rings (SSSR count). The minimum Gasteiger partial charge on any atom is -0.350 e. The summed E-state index contributed by atoms with van der Waals surface area (Å²) in [5.74, 6) is -0.269. The lowest BCUT2D eigenvalue weighted by molar-refractivity contribution is -0.138. The number of hydrogen-bond donors (Lipinski definition) is 1. The fraction of sp³-hybridized carbons (Fsp3) is 0.579. The summed E-state index contributed by atoms with van der Waals surface area (Å²) < 4.78 is 13.2. The number of rotatable bonds is 5. The molecule has 2 aliphatic rings. The average Bonchev–Trinajstić information content (AvgIpc) is 3.16. The second-order valence-corrected chi connectivity index (χ2v) is 7.00. The van der Waals surface area contributed by atoms with E-state index in [1.807, 2.05) is 14.0 Å². The zero-order chi connectivity index (χ0) is 18.0. The minimum atomic E-state index is -0.394. The van der Waals surface area contributed by atoms with Crippen LogP contribution in [0.4, 0.5) is 4.39 Å². The van der Waals surface area contributed by atoms with Gasteiger partial charge in [0.25, 0.3) is 0 Å². The van der Waals surface area contributed by atoms with Crippen LogP contribution in [0.15, 0.2) is 24.3 Å². The van der Waals surface area contributed by atoms with Gasteiger partial charge in [-0.25, -0.2) is 4.39 Å². The van der Waals surface area contributed by atoms with Crippen LogP contribution in [0, 0.1) is 5.82 Å². The number of amides is 2. The Bertz CT molecular complexity index is 634. The molecular formula is C19H26FN3O2. The predicted octanol–water partition coefficient (Wildman–Crippen LogP) is 2.09. The Balaban J connectivity index is 1.72. The maximum Gasteiger partial charge on any atom is 0.243 e. The summed E-state index contributed by atoms with van der Waals surface area (Å²) in [6.45, 7) is 3.47. The van der Waals surface area contributed by atoms with Crippen molar-refractivity contribution >= 4 is 11.8 Å². The predicted molar refractivity (Wildman–Crippen MR) is 93.3 cm³/mol. The standard InChI is InChI=1S/C19H26FN3O2/c1-3-16(23-11-4-5-17(23)24)19(25)21-15-10-12-22(2)18(15)13-6-8-14(20)9-7-13/h6-9,15-16,18H,3-5,10-12H2,1-2H3,(H,21,25)/t15-,16+,18+/m0/s1. The summed E-state index contributed by atoms with van der Waals surface area (Å²) in [6.07, 6.45) is 2.82. The SMILES string of the molecule is CC[C@H](C(=O)N[C@H]1CCN(C)[C@@H]1c1ccc(F)cc1)N1CCCC1=O. The summed E-state index contributed by atoms with van der Waals surface area (Å²) in [5.41, 5.74) is 0.997. The number of likely N-dealkylation sites (N-methyl/N-ethyl adjacent to an activating group) is 1. The van der Waals surface area contributed by atoms with Gasteiger partial charge in [-0.1, -0.05) is 19.1 Å². The van der Waals surface area contributed by atoms with Crippen molar-refractivity contribution in [3.8, 4) is 0 Å². The lowest BCUT2D eigenvalue weighted by Crippen LogP contribution is -2.50. The third-order valence-corrected chi connectivity index (χ3v) is 5.36. The molecule has 2 saturated heterocycles. The van der Waals surface area contributed by atoms with E-state index in [4.69, 9.17) is 0 Å². The maximum absolute atomic E-state index is 13.2. The van der Waals surface area contributed by atoms with Crippen molar-refractivity contribution in [2.75, 3.05) is 20.1 Å². The fourth-order valence-electron chi connectivity index (χ4n) is 4.07. The van der Waals surface area contributed by atoms with Crippen molar-refractivity contribution in [2.45, 2.75) is 50.7 Å². The van der Waals surface area contributed by atoms with Gasteiger partial charge in [0.1, 0.15) is 11.9 Å². The smallest absolute Gasteiger partial charge is 0.243 e. The number of nitrogens with zero attached hydrogens (tertiary/aromatic N) is 2. The molecule has 1 aromatic rings. The van der Waals surface area contributed by atoms with Crippen LogP contribution in [0.3, 0.4) is 0 Å². The van der Waals surface area contributed by atoms with Gasteiger partial charge < -0.3 is 10.2 Å². The highest BCUT2D eigenvalue weighted by molar-refractivity contribution is 5.88. The zero-order valence-corrected chi connectivity index (χ0v) is 14.9. The van der Waals surface area contributed by atoms with Gasteiger partial charge in [-0.2, -0.15) is 0 Å². The Morgan fingerprint density at radius 2 is 2.04 bits per heavy atom. The summed E-state index contributed by atoms with van der Waals surface area (Å²) in [5, 5.41) is 3.15. The van der Waals surface area contributed by atoms with Crippen LogP contribution in [0.1, 0.15) is 44.2 Å². The average molecular weight is 347 g/mol. The molecule has 6 heteroatoms. The van der Waals surface area contributed by atoms with E-state index in [1.165, 1.54) is 12.1 Å². The van der Waals surface area contributed by atoms with E-state index in [9.17, 15) is 14.0 Å². The number of halogens is 1. The third-order valence-electron chi connectivity index (χ3n) is 5.36. The molecule has 0 unspecified atom stereocenters. The molecule has 5 nitrogen and oxygen atoms in total. The van der Waals surface area contributed by atoms with E-state index < -0.39 is 6.04 Å². The van der Waals surface area contributed by atoms with Crippen LogP contribution in [0.25, 0.3) is 0 Å². The van der Waals surface area contributed by atoms with E-state index in [0.717, 1.165) is 24.9 Å². The molecule has 0 saturated carbocycles. The molecular weight excluding hydrogens is 321 g/mol. The Hall–Kier alpha value is -1.95. The first-order valence-corrected chi connectivity index (χ1v) is 9.06. The molecule has 2 aliphatic heterocycles. The highest BCUT2D eigenvalue weighted by atomic mass is 19.1. The van der Waals surface area contributed by atoms with Crippen LogP contribution >= 0.6 is 0 Å². The number of nitrogens with one attached hydrogen (secondary N) is 1. The number of benzene rings is 1. The van der Waals surface area contributed by atoms with Gasteiger partial charge in [0.05, 0.1) is 6.04 Å². The topological polar surface area (TPSA) is 52.7 Å². The quantitative estimate of drug-likeness (QED) is 0.887. The van der Waals surface area contributed by atoms with E-state index >= 15 is 0 Å². The first-order valence-electron chi connectivity index (χ1n) is 9.06. The number of carbonyl (C=O) groups is 2. The van der Waals surface area contributed by atoms with Crippen molar-refractivity contribution < 1.29 is 14.0 Å². The van der Waals surface area contributed by atoms with E-state index in [1.54, 1.807) is 17.0 Å². The summed E-state index contributed by atoms with van der Waals surface area (Å²) >= 11 is 0. The lowest BCUT2D eigenvalue weighted by atomic mass is 9.99. The normalized spacial score (nSPS) is 25.4. The lowest BCUT2D eigenvalue weighted by Gasteiger charge is -2.30. The third kappa shape index (κ3) is 3.68. The van der Waals surface area contributed by atoms with Gasteiger partial charge >= 0.3 is 0 Å². The van der Waals surface area contributed by atoms with Gasteiger partial charge in [-0.05, 0) is 44.0 Å². The van der Waals surface area contributed by atoms with Gasteiger partial charge in [-0.3, -0.25) is 14.5 Å². The van der Waals surface area contributed by atoms with Crippen LogP contribution in [-0.2, 0) is 9.59 Å². The summed E-state index contributed by atoms with van der Waals surface area (Å²) in [6, 6.07) is 6.07. The molecule has 2 amide bonds. The van der Waals surface area contributed by atoms with Gasteiger partial charge in [0, 0.05) is 25.6 Å². The fourth-order valence-corrected chi connectivity index (χ4v) is 4.07. The monoisotopic (exact) mass is 347 g/mol. The Labute approximate surface area is 148 Å². The molecule has 25 heavy (non-hydrogen) atoms. The van der Waals surface area contributed by atoms with Gasteiger partial charge in [0.2, 0.25) is 11.8 Å². The molecule has 136 valence electrons. The second kappa shape index (κ2) is 7.52. The number of hydrogen-bond acceptors (Lipinski definition) is 3. The summed E-state index contributed by atoms with van der Waals surface area (Å²) in [7, 11) is 2.02. The van der Waals surface area contributed by atoms with Crippen molar-refractivity contribution in [3.63, 3.8) is 0 Å². The molecule has 2 heterocycles. The van der Waals surface area contributed by atoms with Gasteiger partial charge in [-0.15, -0.1) is 0 Å². The Morgan fingerprint density at radius 1 is 1.32 bits per heavy atom. The van der Waals surface area contributed by atoms with Crippen LogP contribution < -0.4 is 5.32 Å². The molecule has 0 aromatic heterocycles. The zero-order valence-electron chi connectivity index (χ0n) is 14.9. The van der Waals surface area contributed by atoms with Crippen LogP contribution in [-0.4, -0.2) is 53.8 Å². The molecule has 1 N–H and O–H groups in total. The van der Waals surface area contributed by atoms with E-state index in [-0.39, 0.29) is 29.7 Å². The molecule has 0 aliphatic carbocycles. The maximum atomic E-state index is 13.2. The molecule has 3 atom stereocenters. The highest BCUT2D eigenvalue weighted by Crippen LogP contribution is 2.31. The largest absolute Gasteiger partial charge is 0.350 e. The molecule has 0 spiro atoms. The first-order chi connectivity index (χ1) is 12.0. The molecule has 2 fully saturated rings. The van der Waals surface area contributed by atoms with Crippen molar-refractivity contribution in [1.29, 1.82) is 0 Å². The first kappa shape index (κ1) is 17.9. The minimum absolute atomic E-state index is 0.0244. The number of carbonyl (C=O) groups excluding carboxylic acids is 2. The van der Waals surface area contributed by atoms with Crippen LogP contribution in [0.5, 0.6) is 0 Å². The van der Waals surface area contributed by atoms with Crippen molar-refractivity contribution in [3.05, 3.63) is 35.6 Å². The molecule has 1 aromatic carbocycles. The van der Waals surface area contributed by atoms with Crippen molar-refractivity contribution in [1.82, 2.24) is 15.1 Å². The Morgan fingerprint density at radius 3 is 2.64 bits per heavy atom.